The van der Waals surface area contributed by atoms with Gasteiger partial charge in [0, 0.05) is 17.3 Å². The van der Waals surface area contributed by atoms with E-state index >= 15 is 0 Å². The maximum Gasteiger partial charge on any atom is 0.307 e. The van der Waals surface area contributed by atoms with E-state index in [0.29, 0.717) is 28.1 Å². The molecule has 0 radical (unpaired) electrons. The Labute approximate surface area is 202 Å². The first-order chi connectivity index (χ1) is 16.7. The number of halogens is 3. The molecule has 0 aliphatic carbocycles. The summed E-state index contributed by atoms with van der Waals surface area (Å²) >= 11 is 1.01. The number of nitrogens with zero attached hydrogens (tertiary/aromatic N) is 1. The van der Waals surface area contributed by atoms with Crippen LogP contribution in [0.4, 0.5) is 18.9 Å². The van der Waals surface area contributed by atoms with Gasteiger partial charge in [-0.15, -0.1) is 0 Å². The van der Waals surface area contributed by atoms with Gasteiger partial charge in [-0.25, -0.2) is 13.2 Å². The van der Waals surface area contributed by atoms with E-state index in [0.717, 1.165) is 23.9 Å². The van der Waals surface area contributed by atoms with Crippen molar-refractivity contribution >= 4 is 40.6 Å². The summed E-state index contributed by atoms with van der Waals surface area (Å²) in [6.45, 7) is 0. The lowest BCUT2D eigenvalue weighted by molar-refractivity contribution is -0.136. The first-order valence-corrected chi connectivity index (χ1v) is 11.0. The minimum Gasteiger partial charge on any atom is -0.496 e. The molecule has 0 bridgehead atoms. The van der Waals surface area contributed by atoms with E-state index in [1.54, 1.807) is 24.3 Å². The molecule has 2 N–H and O–H groups in total. The van der Waals surface area contributed by atoms with Crippen LogP contribution in [-0.2, 0) is 16.0 Å². The zero-order valence-corrected chi connectivity index (χ0v) is 19.0. The van der Waals surface area contributed by atoms with Gasteiger partial charge in [0.1, 0.15) is 23.2 Å². The van der Waals surface area contributed by atoms with Crippen molar-refractivity contribution in [1.82, 2.24) is 0 Å². The normalized spacial score (nSPS) is 14.2. The second-order valence-corrected chi connectivity index (χ2v) is 8.48. The topological polar surface area (TPSA) is 88.0 Å². The molecular formula is C25H17F3N2O4S. The number of benzene rings is 3. The predicted octanol–water partition coefficient (Wildman–Crippen LogP) is 5.49. The molecule has 1 aliphatic heterocycles. The molecule has 0 saturated heterocycles. The quantitative estimate of drug-likeness (QED) is 0.437. The number of rotatable bonds is 6. The van der Waals surface area contributed by atoms with E-state index in [1.807, 2.05) is 0 Å². The fourth-order valence-corrected chi connectivity index (χ4v) is 4.23. The number of anilines is 1. The minimum atomic E-state index is -1.15. The van der Waals surface area contributed by atoms with Crippen molar-refractivity contribution in [2.24, 2.45) is 4.99 Å². The summed E-state index contributed by atoms with van der Waals surface area (Å²) in [6.07, 6.45) is 1.09. The first-order valence-electron chi connectivity index (χ1n) is 10.2. The Kier molecular flexibility index (Phi) is 6.92. The molecule has 0 unspecified atom stereocenters. The highest BCUT2D eigenvalue weighted by Crippen LogP contribution is 2.34. The number of aliphatic imine (C=N–C) groups is 1. The van der Waals surface area contributed by atoms with Gasteiger partial charge in [0.05, 0.1) is 18.4 Å². The zero-order valence-electron chi connectivity index (χ0n) is 18.1. The van der Waals surface area contributed by atoms with Crippen LogP contribution < -0.4 is 10.1 Å². The van der Waals surface area contributed by atoms with Crippen LogP contribution in [0.25, 0.3) is 17.2 Å². The van der Waals surface area contributed by atoms with Crippen molar-refractivity contribution in [2.45, 2.75) is 6.42 Å². The van der Waals surface area contributed by atoms with Gasteiger partial charge in [-0.3, -0.25) is 9.59 Å². The van der Waals surface area contributed by atoms with Gasteiger partial charge in [-0.05, 0) is 70.9 Å². The molecule has 6 nitrogen and oxygen atoms in total. The Bertz CT molecular complexity index is 1390. The number of carboxylic acids is 1. The molecule has 1 heterocycles. The van der Waals surface area contributed by atoms with Gasteiger partial charge < -0.3 is 15.2 Å². The van der Waals surface area contributed by atoms with E-state index < -0.39 is 35.7 Å². The zero-order chi connectivity index (χ0) is 25.1. The van der Waals surface area contributed by atoms with Gasteiger partial charge in [-0.1, -0.05) is 12.1 Å². The molecule has 10 heteroatoms. The largest absolute Gasteiger partial charge is 0.496 e. The van der Waals surface area contributed by atoms with Crippen molar-refractivity contribution in [1.29, 1.82) is 0 Å². The third kappa shape index (κ3) is 5.72. The van der Waals surface area contributed by atoms with Gasteiger partial charge >= 0.3 is 5.97 Å². The number of amides is 1. The highest BCUT2D eigenvalue weighted by Gasteiger charge is 2.23. The summed E-state index contributed by atoms with van der Waals surface area (Å²) in [5.74, 6) is -3.38. The smallest absolute Gasteiger partial charge is 0.307 e. The summed E-state index contributed by atoms with van der Waals surface area (Å²) in [6, 6.07) is 12.0. The van der Waals surface area contributed by atoms with Crippen molar-refractivity contribution in [3.63, 3.8) is 0 Å². The summed E-state index contributed by atoms with van der Waals surface area (Å²) < 4.78 is 46.8. The maximum absolute atomic E-state index is 14.1. The van der Waals surface area contributed by atoms with E-state index in [2.05, 4.69) is 10.3 Å². The number of nitrogens with one attached hydrogen (secondary N) is 1. The number of ether oxygens (including phenoxy) is 1. The lowest BCUT2D eigenvalue weighted by Crippen LogP contribution is -2.07. The molecule has 0 spiro atoms. The van der Waals surface area contributed by atoms with Gasteiger partial charge in [0.2, 0.25) is 0 Å². The number of hydrogen-bond donors (Lipinski definition) is 2. The molecule has 3 aromatic carbocycles. The number of aliphatic carboxylic acids is 1. The van der Waals surface area contributed by atoms with Crippen molar-refractivity contribution in [3.8, 4) is 16.9 Å². The summed E-state index contributed by atoms with van der Waals surface area (Å²) in [4.78, 5) is 27.4. The second-order valence-electron chi connectivity index (χ2n) is 7.45. The van der Waals surface area contributed by atoms with Crippen LogP contribution in [0.1, 0.15) is 11.1 Å². The number of amidine groups is 1. The minimum absolute atomic E-state index is 0.0332. The molecule has 1 amide bonds. The lowest BCUT2D eigenvalue weighted by Gasteiger charge is -2.10. The van der Waals surface area contributed by atoms with Gasteiger partial charge in [0.25, 0.3) is 5.91 Å². The Morgan fingerprint density at radius 3 is 2.46 bits per heavy atom. The molecule has 4 rings (SSSR count). The Morgan fingerprint density at radius 1 is 1.06 bits per heavy atom. The van der Waals surface area contributed by atoms with Crippen molar-refractivity contribution < 1.29 is 32.6 Å². The van der Waals surface area contributed by atoms with Gasteiger partial charge in [-0.2, -0.15) is 4.99 Å². The Morgan fingerprint density at radius 2 is 1.80 bits per heavy atom. The van der Waals surface area contributed by atoms with Gasteiger partial charge in [0.15, 0.2) is 5.17 Å². The summed E-state index contributed by atoms with van der Waals surface area (Å²) in [5, 5.41) is 11.9. The molecular weight excluding hydrogens is 481 g/mol. The Hall–Kier alpha value is -4.05. The molecule has 0 fully saturated rings. The number of carbonyl (C=O) groups excluding carboxylic acids is 1. The third-order valence-electron chi connectivity index (χ3n) is 4.98. The van der Waals surface area contributed by atoms with E-state index in [1.165, 1.54) is 31.4 Å². The Balaban J connectivity index is 1.56. The SMILES string of the molecule is COc1ccc(-c2cc(F)cc(F)c2)cc1/C=C1/SC(Nc2ccc(CC(=O)O)c(F)c2)=NC1=O. The highest BCUT2D eigenvalue weighted by atomic mass is 32.2. The molecule has 35 heavy (non-hydrogen) atoms. The monoisotopic (exact) mass is 498 g/mol. The van der Waals surface area contributed by atoms with Crippen LogP contribution in [0.5, 0.6) is 5.75 Å². The maximum atomic E-state index is 14.1. The van der Waals surface area contributed by atoms with E-state index in [4.69, 9.17) is 9.84 Å². The van der Waals surface area contributed by atoms with Crippen LogP contribution in [0.2, 0.25) is 0 Å². The fourth-order valence-electron chi connectivity index (χ4n) is 3.41. The van der Waals surface area contributed by atoms with Crippen LogP contribution >= 0.6 is 11.8 Å². The number of hydrogen-bond acceptors (Lipinski definition) is 5. The summed E-state index contributed by atoms with van der Waals surface area (Å²) in [5.41, 5.74) is 1.66. The third-order valence-corrected chi connectivity index (χ3v) is 5.88. The number of carboxylic acid groups (broad SMARTS) is 1. The highest BCUT2D eigenvalue weighted by molar-refractivity contribution is 8.18. The number of carbonyl (C=O) groups is 2. The average Bonchev–Trinajstić information content (AvgIpc) is 3.13. The van der Waals surface area contributed by atoms with E-state index in [-0.39, 0.29) is 15.6 Å². The van der Waals surface area contributed by atoms with Crippen LogP contribution in [0, 0.1) is 17.5 Å². The van der Waals surface area contributed by atoms with E-state index in [9.17, 15) is 22.8 Å². The first kappa shape index (κ1) is 24.1. The van der Waals surface area contributed by atoms with Crippen LogP contribution in [0.3, 0.4) is 0 Å². The fraction of sp³-hybridized carbons (Fsp3) is 0.0800. The molecule has 178 valence electrons. The van der Waals surface area contributed by atoms with Crippen molar-refractivity contribution in [2.75, 3.05) is 12.4 Å². The lowest BCUT2D eigenvalue weighted by atomic mass is 10.0. The molecule has 3 aromatic rings. The number of thioether (sulfide) groups is 1. The average molecular weight is 498 g/mol. The second kappa shape index (κ2) is 10.1. The number of methoxy groups -OCH3 is 1. The molecule has 0 aromatic heterocycles. The standard InChI is InChI=1S/C25H17F3N2O4S/c1-34-21-5-3-13(15-7-17(26)11-18(27)8-15)6-16(21)9-22-24(33)30-25(35-22)29-19-4-2-14(10-23(31)32)20(28)12-19/h2-9,11-12H,10H2,1H3,(H,31,32)(H,29,30,33)/b22-9+. The van der Waals surface area contributed by atoms with Crippen LogP contribution in [0.15, 0.2) is 64.5 Å². The molecule has 0 saturated carbocycles. The van der Waals surface area contributed by atoms with Crippen LogP contribution in [-0.4, -0.2) is 29.3 Å². The molecule has 1 aliphatic rings. The van der Waals surface area contributed by atoms with Crippen molar-refractivity contribution in [3.05, 3.63) is 88.1 Å². The summed E-state index contributed by atoms with van der Waals surface area (Å²) in [7, 11) is 1.45. The predicted molar refractivity (Wildman–Crippen MR) is 128 cm³/mol. The molecule has 0 atom stereocenters.